The zero-order chi connectivity index (χ0) is 61.6. The van der Waals surface area contributed by atoms with Crippen molar-refractivity contribution in [2.24, 2.45) is 0 Å². The number of hydrogen-bond acceptors (Lipinski definition) is 2. The van der Waals surface area contributed by atoms with Crippen LogP contribution in [0.4, 0.5) is 25.8 Å². The number of aromatic nitrogens is 2. The molecule has 0 saturated heterocycles. The quantitative estimate of drug-likeness (QED) is 0.0754. The van der Waals surface area contributed by atoms with E-state index >= 15 is 0 Å². The summed E-state index contributed by atoms with van der Waals surface area (Å²) >= 11 is 0. The van der Waals surface area contributed by atoms with Crippen LogP contribution in [0.5, 0.6) is 11.5 Å². The molecule has 0 bridgehead atoms. The fourth-order valence-corrected chi connectivity index (χ4v) is 23.9. The minimum absolute atomic E-state index is 0.293. The minimum Gasteiger partial charge on any atom is -0.457 e. The van der Waals surface area contributed by atoms with Crippen LogP contribution in [0.25, 0.3) is 55.0 Å². The molecule has 2 heterocycles. The number of ether oxygens (including phenoxy) is 1. The van der Waals surface area contributed by atoms with E-state index in [1.54, 1.807) is 24.3 Å². The Kier molecular flexibility index (Phi) is 14.3. The predicted octanol–water partition coefficient (Wildman–Crippen LogP) is 16.2. The summed E-state index contributed by atoms with van der Waals surface area (Å²) in [6, 6.07) is 126. The maximum Gasteiger partial charge on any atom is 0.179 e. The Bertz CT molecular complexity index is 4800. The second-order valence-electron chi connectivity index (χ2n) is 23.4. The van der Waals surface area contributed by atoms with Crippen LogP contribution in [0.15, 0.2) is 358 Å². The number of anilines is 3. The lowest BCUT2D eigenvalue weighted by Crippen LogP contribution is -2.74. The molecule has 14 aromatic carbocycles. The molecule has 0 amide bonds. The Labute approximate surface area is 535 Å². The minimum atomic E-state index is -3.00. The Balaban J connectivity index is 0.962. The van der Waals surface area contributed by atoms with Crippen molar-refractivity contribution in [3.63, 3.8) is 0 Å². The third-order valence-electron chi connectivity index (χ3n) is 18.4. The first-order chi connectivity index (χ1) is 45.4. The van der Waals surface area contributed by atoms with E-state index in [-0.39, 0.29) is 11.6 Å². The van der Waals surface area contributed by atoms with Crippen LogP contribution in [-0.4, -0.2) is 25.3 Å². The molecule has 0 aliphatic rings. The van der Waals surface area contributed by atoms with Gasteiger partial charge in [0.15, 0.2) is 16.1 Å². The lowest BCUT2D eigenvalue weighted by molar-refractivity contribution is 0.483. The Morgan fingerprint density at radius 3 is 0.837 bits per heavy atom. The number of para-hydroxylation sites is 1. The van der Waals surface area contributed by atoms with Gasteiger partial charge in [0, 0.05) is 50.0 Å². The van der Waals surface area contributed by atoms with Gasteiger partial charge in [-0.05, 0) is 175 Å². The number of fused-ring (bicyclic) bond motifs is 6. The second-order valence-corrected chi connectivity index (χ2v) is 31.0. The van der Waals surface area contributed by atoms with Crippen molar-refractivity contribution < 1.29 is 13.5 Å². The predicted molar refractivity (Wildman–Crippen MR) is 383 cm³/mol. The highest BCUT2D eigenvalue weighted by Crippen LogP contribution is 2.43. The van der Waals surface area contributed by atoms with Crippen molar-refractivity contribution in [1.82, 2.24) is 9.13 Å². The zero-order valence-corrected chi connectivity index (χ0v) is 52.1. The third kappa shape index (κ3) is 9.54. The molecule has 0 spiro atoms. The van der Waals surface area contributed by atoms with Crippen LogP contribution < -0.4 is 51.1 Å². The molecule has 0 N–H and O–H groups in total. The van der Waals surface area contributed by atoms with E-state index in [4.69, 9.17) is 4.74 Å². The average molecular weight is 1220 g/mol. The first-order valence-corrected chi connectivity index (χ1v) is 35.1. The van der Waals surface area contributed by atoms with E-state index in [2.05, 4.69) is 281 Å². The summed E-state index contributed by atoms with van der Waals surface area (Å²) in [6.45, 7) is 0. The normalized spacial score (nSPS) is 11.8. The van der Waals surface area contributed by atoms with Crippen LogP contribution in [0.2, 0.25) is 0 Å². The maximum absolute atomic E-state index is 15.0. The van der Waals surface area contributed by atoms with Gasteiger partial charge in [-0.25, -0.2) is 8.78 Å². The number of benzene rings is 14. The molecule has 438 valence electrons. The third-order valence-corrected chi connectivity index (χ3v) is 27.9. The molecule has 16 rings (SSSR count). The lowest BCUT2D eigenvalue weighted by atomic mass is 10.1. The van der Waals surface area contributed by atoms with Gasteiger partial charge in [-0.15, -0.1) is 0 Å². The zero-order valence-electron chi connectivity index (χ0n) is 50.1. The molecule has 16 aromatic rings. The van der Waals surface area contributed by atoms with Gasteiger partial charge in [0.05, 0.1) is 22.1 Å². The van der Waals surface area contributed by atoms with Crippen LogP contribution in [0.1, 0.15) is 0 Å². The Morgan fingerprint density at radius 1 is 0.239 bits per heavy atom. The van der Waals surface area contributed by atoms with E-state index in [1.807, 2.05) is 66.7 Å². The van der Waals surface area contributed by atoms with Crippen molar-refractivity contribution in [2.45, 2.75) is 0 Å². The van der Waals surface area contributed by atoms with Gasteiger partial charge in [0.25, 0.3) is 0 Å². The van der Waals surface area contributed by atoms with Crippen molar-refractivity contribution in [2.75, 3.05) is 4.90 Å². The molecule has 0 aliphatic carbocycles. The first kappa shape index (κ1) is 55.9. The van der Waals surface area contributed by atoms with Crippen LogP contribution in [0, 0.1) is 11.6 Å². The van der Waals surface area contributed by atoms with E-state index in [0.717, 1.165) is 77.8 Å². The molecule has 0 unspecified atom stereocenters. The van der Waals surface area contributed by atoms with E-state index < -0.39 is 16.1 Å². The van der Waals surface area contributed by atoms with Crippen molar-refractivity contribution in [3.8, 4) is 22.9 Å². The summed E-state index contributed by atoms with van der Waals surface area (Å²) in [5, 5.41) is 14.4. The highest BCUT2D eigenvalue weighted by Gasteiger charge is 2.43. The van der Waals surface area contributed by atoms with Crippen molar-refractivity contribution in [3.05, 3.63) is 370 Å². The van der Waals surface area contributed by atoms with Gasteiger partial charge in [0.1, 0.15) is 23.1 Å². The molecule has 2 aromatic heterocycles. The Morgan fingerprint density at radius 2 is 0.511 bits per heavy atom. The van der Waals surface area contributed by atoms with Crippen molar-refractivity contribution in [1.29, 1.82) is 0 Å². The molecule has 0 aliphatic heterocycles. The van der Waals surface area contributed by atoms with Crippen molar-refractivity contribution >= 4 is 118 Å². The molecule has 0 fully saturated rings. The lowest BCUT2D eigenvalue weighted by Gasteiger charge is -2.34. The summed E-state index contributed by atoms with van der Waals surface area (Å²) in [7, 11) is -6.01. The fourth-order valence-electron chi connectivity index (χ4n) is 14.4. The number of halogens is 2. The standard InChI is InChI=1S/C84H59F2N3OSi2/c85-60-36-40-63(41-37-60)88-81-52-46-65(56-77(81)79-58-75(50-54-83(79)88)91(69-24-10-2-11-25-69,70-26-12-3-13-27-70)71-28-14-4-15-29-71)87(62-44-48-68(49-45-62)90-67-22-8-1-9-23-67)66-47-53-82-78(57-66)80-59-76(51-55-84(80)89(82)64-42-38-61(86)39-43-64)92(72-30-16-5-17-31-72,73-32-18-6-19-33-73)74-34-20-7-21-35-74/h1-59H. The molecule has 0 atom stereocenters. The number of nitrogens with zero attached hydrogens (tertiary/aromatic N) is 3. The van der Waals surface area contributed by atoms with Gasteiger partial charge in [-0.3, -0.25) is 0 Å². The Hall–Kier alpha value is -11.4. The molecule has 92 heavy (non-hydrogen) atoms. The monoisotopic (exact) mass is 1220 g/mol. The topological polar surface area (TPSA) is 22.3 Å². The number of hydrogen-bond donors (Lipinski definition) is 0. The summed E-state index contributed by atoms with van der Waals surface area (Å²) < 4.78 is 40.9. The van der Waals surface area contributed by atoms with Gasteiger partial charge in [-0.2, -0.15) is 0 Å². The van der Waals surface area contributed by atoms with E-state index in [1.165, 1.54) is 41.5 Å². The molecular weight excluding hydrogens is 1160 g/mol. The van der Waals surface area contributed by atoms with Gasteiger partial charge < -0.3 is 18.8 Å². The van der Waals surface area contributed by atoms with E-state index in [9.17, 15) is 8.78 Å². The average Bonchev–Trinajstić information content (AvgIpc) is 1.45. The second kappa shape index (κ2) is 23.5. The summed E-state index contributed by atoms with van der Waals surface area (Å²) in [5.74, 6) is 0.873. The SMILES string of the molecule is Fc1ccc(-n2c3ccc(N(c4ccc(Oc5ccccc5)cc4)c4ccc5c(c4)c4cc([Si](c6ccccc6)(c6ccccc6)c6ccccc6)ccc4n5-c4ccc(F)cc4)cc3c3cc([Si](c4ccccc4)(c4ccccc4)c4ccccc4)ccc32)cc1. The van der Waals surface area contributed by atoms with Gasteiger partial charge in [0.2, 0.25) is 0 Å². The first-order valence-electron chi connectivity index (χ1n) is 31.1. The molecule has 0 saturated carbocycles. The summed E-state index contributed by atoms with van der Waals surface area (Å²) in [6.07, 6.45) is 0. The van der Waals surface area contributed by atoms with Crippen LogP contribution in [-0.2, 0) is 0 Å². The number of rotatable bonds is 15. The van der Waals surface area contributed by atoms with Crippen LogP contribution in [0.3, 0.4) is 0 Å². The smallest absolute Gasteiger partial charge is 0.179 e. The fraction of sp³-hybridized carbons (Fsp3) is 0. The highest BCUT2D eigenvalue weighted by molar-refractivity contribution is 7.20. The highest BCUT2D eigenvalue weighted by atomic mass is 28.3. The molecular formula is C84H59F2N3OSi2. The molecule has 0 radical (unpaired) electrons. The van der Waals surface area contributed by atoms with E-state index in [0.29, 0.717) is 5.75 Å². The summed E-state index contributed by atoms with van der Waals surface area (Å²) in [4.78, 5) is 2.34. The van der Waals surface area contributed by atoms with Crippen LogP contribution >= 0.6 is 0 Å². The molecule has 8 heteroatoms. The van der Waals surface area contributed by atoms with Gasteiger partial charge in [-0.1, -0.05) is 224 Å². The summed E-state index contributed by atoms with van der Waals surface area (Å²) in [5.41, 5.74) is 8.48. The maximum atomic E-state index is 15.0. The van der Waals surface area contributed by atoms with Gasteiger partial charge >= 0.3 is 0 Å². The largest absolute Gasteiger partial charge is 0.457 e. The molecule has 4 nitrogen and oxygen atoms in total.